The van der Waals surface area contributed by atoms with Crippen molar-refractivity contribution in [1.29, 1.82) is 0 Å². The van der Waals surface area contributed by atoms with Crippen molar-refractivity contribution in [2.75, 3.05) is 8.83 Å². The van der Waals surface area contributed by atoms with Gasteiger partial charge >= 0.3 is 0 Å². The molecule has 0 N–H and O–H groups in total. The van der Waals surface area contributed by atoms with E-state index in [2.05, 4.69) is 16.1 Å². The second-order valence-corrected chi connectivity index (χ2v) is 5.17. The molecule has 0 aliphatic carbocycles. The first-order valence-corrected chi connectivity index (χ1v) is 7.05. The topological polar surface area (TPSA) is 40.6 Å². The van der Waals surface area contributed by atoms with E-state index in [0.29, 0.717) is 5.69 Å². The Labute approximate surface area is 130 Å². The maximum absolute atomic E-state index is 12.5. The number of para-hydroxylation sites is 2. The number of amides is 2. The van der Waals surface area contributed by atoms with Gasteiger partial charge in [-0.2, -0.15) is 0 Å². The standard InChI is InChI=1S/C16H11BrN2O2/c17-19(13-9-5-2-6-10-13)14-11-15(20)18(16(14)21)12-7-3-1-4-8-12/h1-11H. The number of rotatable bonds is 3. The number of benzene rings is 2. The maximum atomic E-state index is 12.5. The molecule has 4 nitrogen and oxygen atoms in total. The Hall–Kier alpha value is -2.40. The molecule has 104 valence electrons. The lowest BCUT2D eigenvalue weighted by Gasteiger charge is -2.19. The van der Waals surface area contributed by atoms with Crippen molar-refractivity contribution in [3.05, 3.63) is 72.4 Å². The molecule has 0 fully saturated rings. The van der Waals surface area contributed by atoms with Gasteiger partial charge in [0.15, 0.2) is 0 Å². The zero-order valence-corrected chi connectivity index (χ0v) is 12.5. The van der Waals surface area contributed by atoms with Crippen LogP contribution in [0.5, 0.6) is 0 Å². The number of halogens is 1. The summed E-state index contributed by atoms with van der Waals surface area (Å²) in [5.74, 6) is -0.700. The van der Waals surface area contributed by atoms with Crippen molar-refractivity contribution in [3.8, 4) is 0 Å². The average Bonchev–Trinajstić information content (AvgIpc) is 2.83. The summed E-state index contributed by atoms with van der Waals surface area (Å²) < 4.78 is 1.54. The molecular weight excluding hydrogens is 332 g/mol. The van der Waals surface area contributed by atoms with Gasteiger partial charge in [-0.1, -0.05) is 36.4 Å². The van der Waals surface area contributed by atoms with E-state index in [0.717, 1.165) is 10.6 Å². The quantitative estimate of drug-likeness (QED) is 0.635. The predicted octanol–water partition coefficient (Wildman–Crippen LogP) is 3.26. The van der Waals surface area contributed by atoms with E-state index < -0.39 is 0 Å². The molecule has 1 aliphatic rings. The second kappa shape index (κ2) is 5.54. The van der Waals surface area contributed by atoms with Gasteiger partial charge < -0.3 is 0 Å². The van der Waals surface area contributed by atoms with Crippen LogP contribution in [0.3, 0.4) is 0 Å². The highest BCUT2D eigenvalue weighted by molar-refractivity contribution is 9.10. The van der Waals surface area contributed by atoms with E-state index in [4.69, 9.17) is 0 Å². The first-order chi connectivity index (χ1) is 10.2. The van der Waals surface area contributed by atoms with Crippen molar-refractivity contribution in [1.82, 2.24) is 0 Å². The molecular formula is C16H11BrN2O2. The molecule has 5 heteroatoms. The van der Waals surface area contributed by atoms with Crippen LogP contribution in [-0.2, 0) is 9.59 Å². The molecule has 1 aliphatic heterocycles. The van der Waals surface area contributed by atoms with Crippen LogP contribution in [0, 0.1) is 0 Å². The monoisotopic (exact) mass is 342 g/mol. The van der Waals surface area contributed by atoms with Crippen LogP contribution < -0.4 is 8.83 Å². The van der Waals surface area contributed by atoms with Gasteiger partial charge in [-0.05, 0) is 24.3 Å². The lowest BCUT2D eigenvalue weighted by molar-refractivity contribution is -0.120. The summed E-state index contributed by atoms with van der Waals surface area (Å²) in [7, 11) is 0. The Morgan fingerprint density at radius 2 is 1.43 bits per heavy atom. The molecule has 21 heavy (non-hydrogen) atoms. The molecule has 0 saturated heterocycles. The fourth-order valence-corrected chi connectivity index (χ4v) is 2.61. The smallest absolute Gasteiger partial charge is 0.271 e. The van der Waals surface area contributed by atoms with Crippen molar-refractivity contribution in [3.63, 3.8) is 0 Å². The van der Waals surface area contributed by atoms with E-state index in [1.165, 1.54) is 10.0 Å². The molecule has 0 unspecified atom stereocenters. The Kier molecular flexibility index (Phi) is 3.58. The fraction of sp³-hybridized carbons (Fsp3) is 0. The van der Waals surface area contributed by atoms with Gasteiger partial charge in [-0.15, -0.1) is 0 Å². The second-order valence-electron chi connectivity index (χ2n) is 4.46. The molecule has 0 bridgehead atoms. The Bertz CT molecular complexity index is 714. The first-order valence-electron chi connectivity index (χ1n) is 6.34. The number of anilines is 2. The van der Waals surface area contributed by atoms with Crippen molar-refractivity contribution < 1.29 is 9.59 Å². The van der Waals surface area contributed by atoms with Gasteiger partial charge in [0.05, 0.1) is 27.5 Å². The van der Waals surface area contributed by atoms with E-state index >= 15 is 0 Å². The molecule has 3 rings (SSSR count). The maximum Gasteiger partial charge on any atom is 0.282 e. The van der Waals surface area contributed by atoms with Crippen LogP contribution >= 0.6 is 16.1 Å². The van der Waals surface area contributed by atoms with Gasteiger partial charge in [0, 0.05) is 6.08 Å². The number of carbonyl (C=O) groups excluding carboxylic acids is 2. The van der Waals surface area contributed by atoms with Gasteiger partial charge in [-0.25, -0.2) is 4.90 Å². The zero-order valence-electron chi connectivity index (χ0n) is 10.9. The highest BCUT2D eigenvalue weighted by Crippen LogP contribution is 2.29. The highest BCUT2D eigenvalue weighted by atomic mass is 79.9. The molecule has 0 saturated carbocycles. The molecule has 1 heterocycles. The van der Waals surface area contributed by atoms with Gasteiger partial charge in [0.1, 0.15) is 5.70 Å². The molecule has 2 amide bonds. The number of hydrogen-bond donors (Lipinski definition) is 0. The summed E-state index contributed by atoms with van der Waals surface area (Å²) in [4.78, 5) is 25.8. The lowest BCUT2D eigenvalue weighted by Crippen LogP contribution is -2.32. The summed E-state index contributed by atoms with van der Waals surface area (Å²) in [6.45, 7) is 0. The first kappa shape index (κ1) is 13.6. The third-order valence-electron chi connectivity index (χ3n) is 3.11. The predicted molar refractivity (Wildman–Crippen MR) is 84.9 cm³/mol. The minimum absolute atomic E-state index is 0.287. The number of hydrogen-bond acceptors (Lipinski definition) is 3. The van der Waals surface area contributed by atoms with Gasteiger partial charge in [0.25, 0.3) is 11.8 Å². The average molecular weight is 343 g/mol. The summed E-state index contributed by atoms with van der Waals surface area (Å²) >= 11 is 3.35. The van der Waals surface area contributed by atoms with E-state index in [-0.39, 0.29) is 17.5 Å². The molecule has 0 atom stereocenters. The van der Waals surface area contributed by atoms with E-state index in [1.54, 1.807) is 24.3 Å². The number of nitrogens with zero attached hydrogens (tertiary/aromatic N) is 2. The SMILES string of the molecule is O=C1C=C(N(Br)c2ccccc2)C(=O)N1c1ccccc1. The molecule has 2 aromatic carbocycles. The van der Waals surface area contributed by atoms with Gasteiger partial charge in [-0.3, -0.25) is 13.5 Å². The van der Waals surface area contributed by atoms with Gasteiger partial charge in [0.2, 0.25) is 0 Å². The molecule has 0 radical (unpaired) electrons. The molecule has 2 aromatic rings. The van der Waals surface area contributed by atoms with E-state index in [1.807, 2.05) is 36.4 Å². The number of imide groups is 1. The minimum Gasteiger partial charge on any atom is -0.271 e. The van der Waals surface area contributed by atoms with Crippen LogP contribution in [0.25, 0.3) is 0 Å². The largest absolute Gasteiger partial charge is 0.282 e. The zero-order chi connectivity index (χ0) is 14.8. The van der Waals surface area contributed by atoms with Crippen molar-refractivity contribution >= 4 is 39.3 Å². The molecule has 0 aromatic heterocycles. The van der Waals surface area contributed by atoms with Crippen LogP contribution in [-0.4, -0.2) is 11.8 Å². The van der Waals surface area contributed by atoms with Crippen LogP contribution in [0.15, 0.2) is 72.4 Å². The van der Waals surface area contributed by atoms with Crippen LogP contribution in [0.2, 0.25) is 0 Å². The van der Waals surface area contributed by atoms with Crippen molar-refractivity contribution in [2.45, 2.75) is 0 Å². The summed E-state index contributed by atoms with van der Waals surface area (Å²) in [6, 6.07) is 18.2. The normalized spacial score (nSPS) is 14.3. The summed E-state index contributed by atoms with van der Waals surface area (Å²) in [6.07, 6.45) is 1.33. The third-order valence-corrected chi connectivity index (χ3v) is 3.90. The van der Waals surface area contributed by atoms with Crippen LogP contribution in [0.4, 0.5) is 11.4 Å². The third kappa shape index (κ3) is 2.48. The number of carbonyl (C=O) groups is 2. The van der Waals surface area contributed by atoms with Crippen molar-refractivity contribution in [2.24, 2.45) is 0 Å². The lowest BCUT2D eigenvalue weighted by atomic mass is 10.3. The molecule has 0 spiro atoms. The Balaban J connectivity index is 1.91. The minimum atomic E-state index is -0.355. The summed E-state index contributed by atoms with van der Waals surface area (Å²) in [5.41, 5.74) is 1.63. The Morgan fingerprint density at radius 1 is 0.857 bits per heavy atom. The fourth-order valence-electron chi connectivity index (χ4n) is 2.12. The van der Waals surface area contributed by atoms with Crippen LogP contribution in [0.1, 0.15) is 0 Å². The Morgan fingerprint density at radius 3 is 2.05 bits per heavy atom. The summed E-state index contributed by atoms with van der Waals surface area (Å²) in [5, 5.41) is 0. The highest BCUT2D eigenvalue weighted by Gasteiger charge is 2.35. The van der Waals surface area contributed by atoms with E-state index in [9.17, 15) is 9.59 Å².